The van der Waals surface area contributed by atoms with Gasteiger partial charge in [0, 0.05) is 72.9 Å². The van der Waals surface area contributed by atoms with Crippen LogP contribution in [0.5, 0.6) is 0 Å². The number of halogens is 10. The molecule has 6 N–H and O–H groups in total. The van der Waals surface area contributed by atoms with Crippen LogP contribution in [0.25, 0.3) is 11.3 Å². The molecule has 18 nitrogen and oxygen atoms in total. The number of hydrogen-bond donors (Lipinski definition) is 6. The Morgan fingerprint density at radius 3 is 1.94 bits per heavy atom. The Bertz CT molecular complexity index is 2890. The molecule has 2 bridgehead atoms. The number of hydrazine groups is 1. The van der Waals surface area contributed by atoms with Gasteiger partial charge < -0.3 is 40.5 Å². The van der Waals surface area contributed by atoms with Crippen molar-refractivity contribution in [3.8, 4) is 23.1 Å². The third-order valence-electron chi connectivity index (χ3n) is 14.4. The van der Waals surface area contributed by atoms with Crippen molar-refractivity contribution in [3.63, 3.8) is 0 Å². The van der Waals surface area contributed by atoms with Gasteiger partial charge in [0.2, 0.25) is 5.91 Å². The van der Waals surface area contributed by atoms with Crippen LogP contribution in [-0.2, 0) is 32.0 Å². The fraction of sp³-hybridized carbons (Fsp3) is 0.490. The van der Waals surface area contributed by atoms with Gasteiger partial charge in [-0.05, 0) is 88.6 Å². The molecule has 2 aromatic heterocycles. The number of methoxy groups -OCH3 is 1. The number of carboxylic acid groups (broad SMARTS) is 1. The summed E-state index contributed by atoms with van der Waals surface area (Å²) in [7, 11) is 0.811. The average molecular weight is 1130 g/mol. The van der Waals surface area contributed by atoms with E-state index in [9.17, 15) is 64.5 Å². The summed E-state index contributed by atoms with van der Waals surface area (Å²) in [6, 6.07) is 6.24. The standard InChI is InChI=1S/C51H56F10N10O8/c1-48(2,50(56,57)58)41(65-47(77)78-5)43(73)63-38(16-28-9-6-27(7-10-28)8-11-29-12-13-40(62-20-29)70-22-31-19-32(70)21-69(31)33-25-79-26-33)39(72)24-68(67-44(74)42(64-46(75)76)49(3,4)51(59,60)61)23-34-35(52)17-30(18-36(34)53)37-14-15-71(66-37)45(54)55/h6-7,9-10,12-15,17-18,20,31-33,38-39,41-42,45,64,72H,16,19,21-26H2,1-5H3,(H,63,73)(H,65,77)(H,67,74)(H,75,76)/t31-,32-,38?,39?,41?,42?/m1/s1. The molecule has 28 heteroatoms. The summed E-state index contributed by atoms with van der Waals surface area (Å²) in [5, 5.41) is 31.1. The number of hydrogen-bond acceptors (Lipinski definition) is 12. The number of carbonyl (C=O) groups excluding carboxylic acids is 3. The minimum Gasteiger partial charge on any atom is -0.465 e. The van der Waals surface area contributed by atoms with Crippen LogP contribution in [0.1, 0.15) is 62.9 Å². The molecule has 2 aromatic carbocycles. The van der Waals surface area contributed by atoms with Gasteiger partial charge in [0.15, 0.2) is 0 Å². The van der Waals surface area contributed by atoms with Crippen molar-refractivity contribution in [2.45, 2.75) is 108 Å². The van der Waals surface area contributed by atoms with E-state index < -0.39 is 115 Å². The Morgan fingerprint density at radius 2 is 1.43 bits per heavy atom. The van der Waals surface area contributed by atoms with Gasteiger partial charge in [0.1, 0.15) is 29.5 Å². The smallest absolute Gasteiger partial charge is 0.407 e. The minimum absolute atomic E-state index is 0.187. The lowest BCUT2D eigenvalue weighted by atomic mass is 9.82. The second kappa shape index (κ2) is 23.6. The minimum atomic E-state index is -5.28. The first-order valence-corrected chi connectivity index (χ1v) is 24.5. The third-order valence-corrected chi connectivity index (χ3v) is 14.4. The number of alkyl carbamates (subject to hydrolysis) is 1. The van der Waals surface area contributed by atoms with Crippen LogP contribution < -0.4 is 26.3 Å². The van der Waals surface area contributed by atoms with E-state index in [1.54, 1.807) is 6.20 Å². The van der Waals surface area contributed by atoms with Crippen molar-refractivity contribution in [1.82, 2.24) is 46.0 Å². The number of anilines is 1. The number of aliphatic hydroxyl groups is 1. The Hall–Kier alpha value is -7.22. The number of alkyl halides is 8. The zero-order chi connectivity index (χ0) is 57.9. The number of ether oxygens (including phenoxy) is 2. The molecule has 7 rings (SSSR count). The fourth-order valence-electron chi connectivity index (χ4n) is 9.33. The molecule has 3 aliphatic rings. The number of likely N-dealkylation sites (tertiary alicyclic amines) is 1. The number of amides is 4. The number of carbonyl (C=O) groups is 4. The first kappa shape index (κ1) is 59.4. The maximum atomic E-state index is 16.0. The first-order chi connectivity index (χ1) is 37.0. The Morgan fingerprint density at radius 1 is 0.823 bits per heavy atom. The zero-order valence-electron chi connectivity index (χ0n) is 42.9. The van der Waals surface area contributed by atoms with Crippen LogP contribution in [0.2, 0.25) is 0 Å². The number of fused-ring (bicyclic) bond motifs is 2. The van der Waals surface area contributed by atoms with Gasteiger partial charge >= 0.3 is 31.1 Å². The molecule has 0 saturated carbocycles. The van der Waals surface area contributed by atoms with Crippen LogP contribution in [-0.4, -0.2) is 154 Å². The molecule has 0 spiro atoms. The lowest BCUT2D eigenvalue weighted by Crippen LogP contribution is -2.63. The van der Waals surface area contributed by atoms with Crippen LogP contribution in [0.15, 0.2) is 67.0 Å². The molecule has 4 aromatic rings. The monoisotopic (exact) mass is 1130 g/mol. The van der Waals surface area contributed by atoms with Crippen LogP contribution in [0.4, 0.5) is 59.3 Å². The lowest BCUT2D eigenvalue weighted by Gasteiger charge is -2.42. The molecule has 6 atom stereocenters. The topological polar surface area (TPSA) is 216 Å². The van der Waals surface area contributed by atoms with Gasteiger partial charge in [0.25, 0.3) is 5.91 Å². The number of aromatic nitrogens is 3. The van der Waals surface area contributed by atoms with Crippen molar-refractivity contribution >= 4 is 29.8 Å². The van der Waals surface area contributed by atoms with Gasteiger partial charge in [-0.3, -0.25) is 19.9 Å². The van der Waals surface area contributed by atoms with E-state index in [4.69, 9.17) is 4.74 Å². The fourth-order valence-corrected chi connectivity index (χ4v) is 9.33. The summed E-state index contributed by atoms with van der Waals surface area (Å²) in [6.07, 6.45) is -13.2. The quantitative estimate of drug-likeness (QED) is 0.0354. The summed E-state index contributed by atoms with van der Waals surface area (Å²) >= 11 is 0. The molecule has 3 saturated heterocycles. The zero-order valence-corrected chi connectivity index (χ0v) is 42.9. The predicted octanol–water partition coefficient (Wildman–Crippen LogP) is 6.14. The van der Waals surface area contributed by atoms with Gasteiger partial charge in [-0.15, -0.1) is 0 Å². The molecule has 79 heavy (non-hydrogen) atoms. The number of aliphatic hydroxyl groups excluding tert-OH is 1. The third kappa shape index (κ3) is 13.6. The Kier molecular flexibility index (Phi) is 17.8. The Labute approximate surface area is 445 Å². The van der Waals surface area contributed by atoms with E-state index in [0.717, 1.165) is 57.9 Å². The van der Waals surface area contributed by atoms with Crippen LogP contribution in [0, 0.1) is 34.3 Å². The summed E-state index contributed by atoms with van der Waals surface area (Å²) in [6.45, 7) is -0.117. The van der Waals surface area contributed by atoms with Gasteiger partial charge in [0.05, 0.1) is 55.0 Å². The van der Waals surface area contributed by atoms with Crippen LogP contribution in [0.3, 0.4) is 0 Å². The SMILES string of the molecule is COC(=O)NC(C(=O)NC(Cc1ccc(C#Cc2ccc(N3C[C@H]4C[C@@H]3CN4C3COC3)nc2)cc1)C(O)CN(Cc1c(F)cc(-c2ccn(C(F)F)n2)cc1F)NC(=O)C(NC(=O)O)C(C)(C)C(F)(F)F)C(C)(C)C(F)(F)F. The number of benzene rings is 2. The summed E-state index contributed by atoms with van der Waals surface area (Å²) < 4.78 is 155. The maximum absolute atomic E-state index is 16.0. The van der Waals surface area contributed by atoms with E-state index >= 15 is 8.78 Å². The second-order valence-electron chi connectivity index (χ2n) is 20.4. The van der Waals surface area contributed by atoms with Crippen molar-refractivity contribution in [3.05, 3.63) is 101 Å². The Balaban J connectivity index is 1.18. The molecule has 3 aliphatic heterocycles. The highest BCUT2D eigenvalue weighted by molar-refractivity contribution is 5.87. The predicted molar refractivity (Wildman–Crippen MR) is 260 cm³/mol. The normalized spacial score (nSPS) is 18.5. The largest absolute Gasteiger partial charge is 0.465 e. The highest BCUT2D eigenvalue weighted by atomic mass is 19.4. The van der Waals surface area contributed by atoms with Crippen molar-refractivity contribution in [1.29, 1.82) is 0 Å². The van der Waals surface area contributed by atoms with Crippen molar-refractivity contribution in [2.75, 3.05) is 44.9 Å². The molecule has 4 unspecified atom stereocenters. The highest BCUT2D eigenvalue weighted by Gasteiger charge is 2.57. The summed E-state index contributed by atoms with van der Waals surface area (Å²) in [5.74, 6) is 0.597. The van der Waals surface area contributed by atoms with E-state index in [-0.39, 0.29) is 21.5 Å². The molecule has 428 valence electrons. The van der Waals surface area contributed by atoms with E-state index in [1.165, 1.54) is 29.6 Å². The summed E-state index contributed by atoms with van der Waals surface area (Å²) in [4.78, 5) is 61.4. The molecule has 0 radical (unpaired) electrons. The molecular weight excluding hydrogens is 1070 g/mol. The number of nitrogens with one attached hydrogen (secondary N) is 4. The highest BCUT2D eigenvalue weighted by Crippen LogP contribution is 2.42. The number of nitrogens with zero attached hydrogens (tertiary/aromatic N) is 6. The van der Waals surface area contributed by atoms with Crippen LogP contribution >= 0.6 is 0 Å². The van der Waals surface area contributed by atoms with E-state index in [0.29, 0.717) is 74.1 Å². The summed E-state index contributed by atoms with van der Waals surface area (Å²) in [5.41, 5.74) is -4.67. The first-order valence-electron chi connectivity index (χ1n) is 24.5. The molecule has 3 fully saturated rings. The molecule has 5 heterocycles. The number of piperazine rings is 1. The lowest BCUT2D eigenvalue weighted by molar-refractivity contribution is -0.221. The van der Waals surface area contributed by atoms with Crippen molar-refractivity contribution in [2.24, 2.45) is 10.8 Å². The number of rotatable bonds is 19. The maximum Gasteiger partial charge on any atom is 0.407 e. The molecule has 4 amide bonds. The molecular formula is C51H56F10N10O8. The van der Waals surface area contributed by atoms with E-state index in [1.807, 2.05) is 22.9 Å². The van der Waals surface area contributed by atoms with Gasteiger partial charge in [-0.1, -0.05) is 24.0 Å². The average Bonchev–Trinajstić information content (AvgIpc) is 4.12. The number of pyridine rings is 1. The second-order valence-corrected chi connectivity index (χ2v) is 20.4. The van der Waals surface area contributed by atoms with E-state index in [2.05, 4.69) is 41.8 Å². The molecule has 0 aliphatic carbocycles. The van der Waals surface area contributed by atoms with Crippen molar-refractivity contribution < 1.29 is 82.8 Å². The van der Waals surface area contributed by atoms with Gasteiger partial charge in [-0.2, -0.15) is 40.2 Å². The van der Waals surface area contributed by atoms with Gasteiger partial charge in [-0.25, -0.2) is 33.0 Å².